The van der Waals surface area contributed by atoms with Gasteiger partial charge in [-0.3, -0.25) is 9.59 Å². The Morgan fingerprint density at radius 1 is 1.03 bits per heavy atom. The fourth-order valence-corrected chi connectivity index (χ4v) is 4.52. The molecule has 1 aliphatic heterocycles. The Morgan fingerprint density at radius 2 is 1.75 bits per heavy atom. The lowest BCUT2D eigenvalue weighted by atomic mass is 10.0. The summed E-state index contributed by atoms with van der Waals surface area (Å²) >= 11 is 12.1. The summed E-state index contributed by atoms with van der Waals surface area (Å²) in [7, 11) is 0. The van der Waals surface area contributed by atoms with Crippen molar-refractivity contribution in [3.63, 3.8) is 0 Å². The number of hydrogen-bond acceptors (Lipinski definition) is 5. The van der Waals surface area contributed by atoms with Crippen LogP contribution in [0.5, 0.6) is 0 Å². The molecule has 1 atom stereocenters. The van der Waals surface area contributed by atoms with E-state index in [0.29, 0.717) is 17.7 Å². The van der Waals surface area contributed by atoms with Crippen LogP contribution in [0.25, 0.3) is 0 Å². The fraction of sp³-hybridized carbons (Fsp3) is 0.231. The molecule has 2 heterocycles. The maximum absolute atomic E-state index is 12.6. The number of nitrogens with zero attached hydrogens (tertiary/aromatic N) is 1. The number of carbonyl (C=O) groups excluding carboxylic acids is 2. The first-order chi connectivity index (χ1) is 17.3. The molecule has 10 heteroatoms. The third kappa shape index (κ3) is 6.13. The van der Waals surface area contributed by atoms with Gasteiger partial charge < -0.3 is 21.1 Å². The van der Waals surface area contributed by atoms with Crippen LogP contribution in [-0.2, 0) is 24.2 Å². The topological polar surface area (TPSA) is 120 Å². The average molecular weight is 527 g/mol. The summed E-state index contributed by atoms with van der Waals surface area (Å²) in [6, 6.07) is 12.0. The molecule has 0 radical (unpaired) electrons. The number of benzene rings is 2. The number of aromatic nitrogens is 1. The molecule has 0 unspecified atom stereocenters. The molecule has 2 aromatic carbocycles. The van der Waals surface area contributed by atoms with E-state index in [1.54, 1.807) is 36.5 Å². The van der Waals surface area contributed by atoms with Gasteiger partial charge >= 0.3 is 5.97 Å². The van der Waals surface area contributed by atoms with Crippen LogP contribution in [0.4, 0.5) is 5.82 Å². The number of aliphatic carboxylic acids is 1. The molecule has 0 saturated heterocycles. The van der Waals surface area contributed by atoms with Crippen LogP contribution in [0, 0.1) is 0 Å². The minimum absolute atomic E-state index is 0.0138. The molecule has 186 valence electrons. The van der Waals surface area contributed by atoms with Crippen molar-refractivity contribution in [1.29, 1.82) is 0 Å². The Balaban J connectivity index is 1.36. The summed E-state index contributed by atoms with van der Waals surface area (Å²) < 4.78 is 0. The Bertz CT molecular complexity index is 1280. The minimum atomic E-state index is -1.21. The van der Waals surface area contributed by atoms with Crippen molar-refractivity contribution < 1.29 is 19.5 Å². The molecule has 4 N–H and O–H groups in total. The smallest absolute Gasteiger partial charge is 0.326 e. The number of halogens is 2. The van der Waals surface area contributed by atoms with Crippen molar-refractivity contribution in [3.05, 3.63) is 92.6 Å². The van der Waals surface area contributed by atoms with E-state index in [2.05, 4.69) is 20.9 Å². The predicted molar refractivity (Wildman–Crippen MR) is 138 cm³/mol. The summed E-state index contributed by atoms with van der Waals surface area (Å²) in [5, 5.41) is 18.5. The molecule has 36 heavy (non-hydrogen) atoms. The number of fused-ring (bicyclic) bond motifs is 1. The lowest BCUT2D eigenvalue weighted by Gasteiger charge is -2.17. The van der Waals surface area contributed by atoms with Gasteiger partial charge in [-0.2, -0.15) is 0 Å². The lowest BCUT2D eigenvalue weighted by molar-refractivity contribution is -0.139. The standard InChI is InChI=1S/C26H24Cl2N4O4/c27-19-4-1-5-20(28)22(19)25(34)32-21(26(35)36)12-15-6-8-17(9-7-15)24(33)31-14-16-11-18-3-2-10-29-23(18)30-13-16/h1,4-9,11,13,21H,2-3,10,12,14H2,(H,29,30)(H,31,33)(H,32,34)(H,35,36)/t21-/m0/s1. The summed E-state index contributed by atoms with van der Waals surface area (Å²) in [5.41, 5.74) is 3.15. The first-order valence-corrected chi connectivity index (χ1v) is 12.1. The molecule has 4 rings (SSSR count). The first-order valence-electron chi connectivity index (χ1n) is 11.4. The van der Waals surface area contributed by atoms with Gasteiger partial charge in [0.15, 0.2) is 0 Å². The summed E-state index contributed by atoms with van der Waals surface area (Å²) in [4.78, 5) is 41.4. The SMILES string of the molecule is O=C(NCc1cnc2c(c1)CCCN2)c1ccc(C[C@H](NC(=O)c2c(Cl)cccc2Cl)C(=O)O)cc1. The van der Waals surface area contributed by atoms with Crippen LogP contribution < -0.4 is 16.0 Å². The number of anilines is 1. The fourth-order valence-electron chi connectivity index (χ4n) is 3.95. The maximum Gasteiger partial charge on any atom is 0.326 e. The number of carboxylic acid groups (broad SMARTS) is 1. The van der Waals surface area contributed by atoms with Crippen molar-refractivity contribution in [2.45, 2.75) is 31.8 Å². The second kappa shape index (κ2) is 11.4. The van der Waals surface area contributed by atoms with Crippen molar-refractivity contribution in [2.75, 3.05) is 11.9 Å². The lowest BCUT2D eigenvalue weighted by Crippen LogP contribution is -2.42. The van der Waals surface area contributed by atoms with E-state index in [1.165, 1.54) is 12.1 Å². The van der Waals surface area contributed by atoms with Crippen molar-refractivity contribution in [3.8, 4) is 0 Å². The number of nitrogens with one attached hydrogen (secondary N) is 3. The quantitative estimate of drug-likeness (QED) is 0.350. The number of pyridine rings is 1. The Kier molecular flexibility index (Phi) is 8.07. The number of hydrogen-bond donors (Lipinski definition) is 4. The molecular weight excluding hydrogens is 503 g/mol. The number of aryl methyl sites for hydroxylation is 1. The van der Waals surface area contributed by atoms with Crippen LogP contribution in [0.3, 0.4) is 0 Å². The van der Waals surface area contributed by atoms with Crippen molar-refractivity contribution in [2.24, 2.45) is 0 Å². The Morgan fingerprint density at radius 3 is 2.44 bits per heavy atom. The molecular formula is C26H24Cl2N4O4. The monoisotopic (exact) mass is 526 g/mol. The molecule has 1 aliphatic rings. The van der Waals surface area contributed by atoms with Gasteiger partial charge in [-0.05, 0) is 59.9 Å². The van der Waals surface area contributed by atoms with Gasteiger partial charge in [0.05, 0.1) is 15.6 Å². The van der Waals surface area contributed by atoms with Gasteiger partial charge in [-0.1, -0.05) is 41.4 Å². The molecule has 0 bridgehead atoms. The molecule has 0 fully saturated rings. The van der Waals surface area contributed by atoms with Crippen molar-refractivity contribution in [1.82, 2.24) is 15.6 Å². The van der Waals surface area contributed by atoms with E-state index in [4.69, 9.17) is 23.2 Å². The van der Waals surface area contributed by atoms with Crippen LogP contribution in [0.2, 0.25) is 10.0 Å². The second-order valence-corrected chi connectivity index (χ2v) is 9.24. The molecule has 0 saturated carbocycles. The first kappa shape index (κ1) is 25.5. The van der Waals surface area contributed by atoms with Crippen LogP contribution >= 0.6 is 23.2 Å². The minimum Gasteiger partial charge on any atom is -0.480 e. The second-order valence-electron chi connectivity index (χ2n) is 8.43. The van der Waals surface area contributed by atoms with Crippen molar-refractivity contribution >= 4 is 46.8 Å². The normalized spacial score (nSPS) is 13.2. The molecule has 1 aromatic heterocycles. The highest BCUT2D eigenvalue weighted by Gasteiger charge is 2.24. The zero-order valence-electron chi connectivity index (χ0n) is 19.2. The average Bonchev–Trinajstić information content (AvgIpc) is 2.87. The summed E-state index contributed by atoms with van der Waals surface area (Å²) in [5.74, 6) is -1.24. The molecule has 8 nitrogen and oxygen atoms in total. The number of amides is 2. The predicted octanol–water partition coefficient (Wildman–Crippen LogP) is 4.10. The van der Waals surface area contributed by atoms with E-state index in [-0.39, 0.29) is 27.9 Å². The highest BCUT2D eigenvalue weighted by molar-refractivity contribution is 6.39. The summed E-state index contributed by atoms with van der Waals surface area (Å²) in [6.07, 6.45) is 3.77. The van der Waals surface area contributed by atoms with Gasteiger partial charge in [0.25, 0.3) is 11.8 Å². The molecule has 3 aromatic rings. The van der Waals surface area contributed by atoms with Gasteiger partial charge in [0.2, 0.25) is 0 Å². The van der Waals surface area contributed by atoms with E-state index in [9.17, 15) is 19.5 Å². The third-order valence-corrected chi connectivity index (χ3v) is 6.47. The molecule has 0 spiro atoms. The van der Waals surface area contributed by atoms with E-state index >= 15 is 0 Å². The van der Waals surface area contributed by atoms with Crippen LogP contribution in [0.1, 0.15) is 43.8 Å². The highest BCUT2D eigenvalue weighted by Crippen LogP contribution is 2.24. The third-order valence-electron chi connectivity index (χ3n) is 5.84. The van der Waals surface area contributed by atoms with Gasteiger partial charge in [-0.15, -0.1) is 0 Å². The molecule has 0 aliphatic carbocycles. The van der Waals surface area contributed by atoms with E-state index < -0.39 is 17.9 Å². The number of carbonyl (C=O) groups is 3. The number of rotatable bonds is 8. The largest absolute Gasteiger partial charge is 0.480 e. The Labute approximate surface area is 218 Å². The number of carboxylic acids is 1. The van der Waals surface area contributed by atoms with Gasteiger partial charge in [-0.25, -0.2) is 9.78 Å². The van der Waals surface area contributed by atoms with E-state index in [0.717, 1.165) is 36.3 Å². The van der Waals surface area contributed by atoms with Crippen LogP contribution in [-0.4, -0.2) is 40.5 Å². The molecule has 2 amide bonds. The Hall–Kier alpha value is -3.62. The zero-order valence-corrected chi connectivity index (χ0v) is 20.7. The van der Waals surface area contributed by atoms with Gasteiger partial charge in [0.1, 0.15) is 11.9 Å². The summed E-state index contributed by atoms with van der Waals surface area (Å²) in [6.45, 7) is 1.26. The van der Waals surface area contributed by atoms with E-state index in [1.807, 2.05) is 6.07 Å². The highest BCUT2D eigenvalue weighted by atomic mass is 35.5. The van der Waals surface area contributed by atoms with Crippen LogP contribution in [0.15, 0.2) is 54.7 Å². The van der Waals surface area contributed by atoms with Gasteiger partial charge in [0, 0.05) is 31.3 Å². The zero-order chi connectivity index (χ0) is 25.7. The maximum atomic E-state index is 12.6.